The number of hydrogen-bond acceptors (Lipinski definition) is 0. The quantitative estimate of drug-likeness (QED) is 0.670. The van der Waals surface area contributed by atoms with E-state index in [1.165, 1.54) is 0 Å². The molecule has 12 heavy (non-hydrogen) atoms. The van der Waals surface area contributed by atoms with E-state index in [0.717, 1.165) is 11.1 Å². The first-order valence-electron chi connectivity index (χ1n) is 3.99. The third kappa shape index (κ3) is 2.31. The Bertz CT molecular complexity index is 233. The summed E-state index contributed by atoms with van der Waals surface area (Å²) in [6.07, 6.45) is -0.879. The van der Waals surface area contributed by atoms with Gasteiger partial charge in [-0.15, -0.1) is 0 Å². The molecule has 2 unspecified atom stereocenters. The van der Waals surface area contributed by atoms with Crippen molar-refractivity contribution in [1.82, 2.24) is 0 Å². The van der Waals surface area contributed by atoms with Gasteiger partial charge in [-0.05, 0) is 25.0 Å². The van der Waals surface area contributed by atoms with Crippen molar-refractivity contribution in [3.05, 3.63) is 35.4 Å². The van der Waals surface area contributed by atoms with Gasteiger partial charge in [0.25, 0.3) is 0 Å². The summed E-state index contributed by atoms with van der Waals surface area (Å²) >= 11 is 3.44. The summed E-state index contributed by atoms with van der Waals surface area (Å²) < 4.78 is 12.9. The van der Waals surface area contributed by atoms with Gasteiger partial charge in [-0.1, -0.05) is 40.2 Å². The fourth-order valence-corrected chi connectivity index (χ4v) is 1.34. The molecule has 0 saturated heterocycles. The Hall–Kier alpha value is -0.370. The lowest BCUT2D eigenvalue weighted by molar-refractivity contribution is 0.374. The molecule has 0 fully saturated rings. The summed E-state index contributed by atoms with van der Waals surface area (Å²) in [5.74, 6) is 0. The summed E-state index contributed by atoms with van der Waals surface area (Å²) in [7, 11) is 0. The molecule has 0 heterocycles. The maximum atomic E-state index is 12.9. The number of halogens is 2. The summed E-state index contributed by atoms with van der Waals surface area (Å²) in [5.41, 5.74) is 1.87. The summed E-state index contributed by atoms with van der Waals surface area (Å²) in [6, 6.07) is 7.58. The normalized spacial score (nSPS) is 15.7. The highest BCUT2D eigenvalue weighted by Crippen LogP contribution is 2.25. The highest BCUT2D eigenvalue weighted by atomic mass is 79.9. The minimum atomic E-state index is -0.879. The largest absolute Gasteiger partial charge is 0.243 e. The Kier molecular flexibility index (Phi) is 3.27. The van der Waals surface area contributed by atoms with Crippen molar-refractivity contribution >= 4 is 15.9 Å². The van der Waals surface area contributed by atoms with Crippen LogP contribution in [-0.2, 0) is 0 Å². The minimum Gasteiger partial charge on any atom is -0.243 e. The molecule has 0 saturated carbocycles. The third-order valence-corrected chi connectivity index (χ3v) is 2.36. The van der Waals surface area contributed by atoms with Gasteiger partial charge in [0, 0.05) is 4.83 Å². The van der Waals surface area contributed by atoms with Crippen molar-refractivity contribution in [3.8, 4) is 0 Å². The van der Waals surface area contributed by atoms with Crippen molar-refractivity contribution in [2.45, 2.75) is 24.8 Å². The van der Waals surface area contributed by atoms with Gasteiger partial charge in [-0.3, -0.25) is 0 Å². The Balaban J connectivity index is 2.96. The van der Waals surface area contributed by atoms with Crippen LogP contribution in [0.4, 0.5) is 4.39 Å². The van der Waals surface area contributed by atoms with Crippen LogP contribution in [0.1, 0.15) is 36.0 Å². The lowest BCUT2D eigenvalue weighted by Gasteiger charge is -2.07. The standard InChI is InChI=1S/C10H12BrF/c1-7(11)9-4-3-5-10(6-9)8(2)12/h3-8H,1-2H3. The number of benzene rings is 1. The highest BCUT2D eigenvalue weighted by Gasteiger charge is 2.05. The summed E-state index contributed by atoms with van der Waals surface area (Å²) in [5, 5.41) is 0. The van der Waals surface area contributed by atoms with E-state index >= 15 is 0 Å². The zero-order chi connectivity index (χ0) is 9.14. The average Bonchev–Trinajstić information content (AvgIpc) is 2.04. The molecule has 2 atom stereocenters. The topological polar surface area (TPSA) is 0 Å². The molecule has 0 amide bonds. The maximum absolute atomic E-state index is 12.9. The maximum Gasteiger partial charge on any atom is 0.122 e. The predicted octanol–water partition coefficient (Wildman–Crippen LogP) is 4.17. The fraction of sp³-hybridized carbons (Fsp3) is 0.400. The van der Waals surface area contributed by atoms with E-state index in [4.69, 9.17) is 0 Å². The van der Waals surface area contributed by atoms with Gasteiger partial charge < -0.3 is 0 Å². The first-order chi connectivity index (χ1) is 5.61. The molecule has 0 aliphatic heterocycles. The van der Waals surface area contributed by atoms with Gasteiger partial charge in [0.05, 0.1) is 0 Å². The third-order valence-electron chi connectivity index (χ3n) is 1.83. The first-order valence-corrected chi connectivity index (χ1v) is 4.91. The van der Waals surface area contributed by atoms with Crippen LogP contribution in [0, 0.1) is 0 Å². The molecule has 0 aromatic heterocycles. The number of rotatable bonds is 2. The second-order valence-corrected chi connectivity index (χ2v) is 4.28. The van der Waals surface area contributed by atoms with Crippen LogP contribution in [0.5, 0.6) is 0 Å². The Morgan fingerprint density at radius 3 is 2.33 bits per heavy atom. The predicted molar refractivity (Wildman–Crippen MR) is 53.3 cm³/mol. The van der Waals surface area contributed by atoms with Gasteiger partial charge in [-0.25, -0.2) is 4.39 Å². The molecule has 1 rings (SSSR count). The van der Waals surface area contributed by atoms with Crippen LogP contribution in [0.3, 0.4) is 0 Å². The molecular formula is C10H12BrF. The van der Waals surface area contributed by atoms with Gasteiger partial charge in [0.2, 0.25) is 0 Å². The van der Waals surface area contributed by atoms with Crippen molar-refractivity contribution in [2.75, 3.05) is 0 Å². The summed E-state index contributed by atoms with van der Waals surface area (Å²) in [4.78, 5) is 0.288. The van der Waals surface area contributed by atoms with E-state index in [0.29, 0.717) is 0 Å². The number of alkyl halides is 2. The first kappa shape index (κ1) is 9.72. The SMILES string of the molecule is CC(F)c1cccc(C(C)Br)c1. The second kappa shape index (κ2) is 4.04. The summed E-state index contributed by atoms with van der Waals surface area (Å²) in [6.45, 7) is 3.58. The fourth-order valence-electron chi connectivity index (χ4n) is 1.05. The van der Waals surface area contributed by atoms with Gasteiger partial charge >= 0.3 is 0 Å². The van der Waals surface area contributed by atoms with Crippen LogP contribution in [0.25, 0.3) is 0 Å². The molecule has 66 valence electrons. The molecule has 0 aliphatic carbocycles. The zero-order valence-corrected chi connectivity index (χ0v) is 8.81. The van der Waals surface area contributed by atoms with Gasteiger partial charge in [-0.2, -0.15) is 0 Å². The average molecular weight is 231 g/mol. The monoisotopic (exact) mass is 230 g/mol. The van der Waals surface area contributed by atoms with Crippen LogP contribution >= 0.6 is 15.9 Å². The van der Waals surface area contributed by atoms with Gasteiger partial charge in [0.15, 0.2) is 0 Å². The van der Waals surface area contributed by atoms with E-state index in [-0.39, 0.29) is 4.83 Å². The van der Waals surface area contributed by atoms with E-state index in [2.05, 4.69) is 15.9 Å². The Morgan fingerprint density at radius 2 is 1.83 bits per heavy atom. The van der Waals surface area contributed by atoms with Crippen molar-refractivity contribution < 1.29 is 4.39 Å². The molecular weight excluding hydrogens is 219 g/mol. The molecule has 0 nitrogen and oxygen atoms in total. The zero-order valence-electron chi connectivity index (χ0n) is 7.22. The van der Waals surface area contributed by atoms with Crippen molar-refractivity contribution in [3.63, 3.8) is 0 Å². The molecule has 1 aromatic carbocycles. The molecule has 1 aromatic rings. The van der Waals surface area contributed by atoms with Gasteiger partial charge in [0.1, 0.15) is 6.17 Å². The number of hydrogen-bond donors (Lipinski definition) is 0. The Morgan fingerprint density at radius 1 is 1.25 bits per heavy atom. The van der Waals surface area contributed by atoms with E-state index in [9.17, 15) is 4.39 Å². The van der Waals surface area contributed by atoms with Crippen molar-refractivity contribution in [1.29, 1.82) is 0 Å². The second-order valence-electron chi connectivity index (χ2n) is 2.90. The van der Waals surface area contributed by atoms with Crippen LogP contribution < -0.4 is 0 Å². The lowest BCUT2D eigenvalue weighted by Crippen LogP contribution is -1.89. The Labute approximate surface area is 80.9 Å². The van der Waals surface area contributed by atoms with E-state index < -0.39 is 6.17 Å². The molecule has 0 aliphatic rings. The lowest BCUT2D eigenvalue weighted by atomic mass is 10.1. The van der Waals surface area contributed by atoms with Crippen LogP contribution in [-0.4, -0.2) is 0 Å². The van der Waals surface area contributed by atoms with Crippen LogP contribution in [0.15, 0.2) is 24.3 Å². The molecule has 0 N–H and O–H groups in total. The molecule has 0 radical (unpaired) electrons. The van der Waals surface area contributed by atoms with Crippen molar-refractivity contribution in [2.24, 2.45) is 0 Å². The molecule has 2 heteroatoms. The van der Waals surface area contributed by atoms with E-state index in [1.807, 2.05) is 31.2 Å². The van der Waals surface area contributed by atoms with E-state index in [1.54, 1.807) is 6.92 Å². The van der Waals surface area contributed by atoms with Crippen LogP contribution in [0.2, 0.25) is 0 Å². The minimum absolute atomic E-state index is 0.288. The molecule has 0 spiro atoms. The smallest absolute Gasteiger partial charge is 0.122 e. The molecule has 0 bridgehead atoms. The highest BCUT2D eigenvalue weighted by molar-refractivity contribution is 9.09.